The summed E-state index contributed by atoms with van der Waals surface area (Å²) in [5.74, 6) is 0.702. The van der Waals surface area contributed by atoms with Gasteiger partial charge in [-0.2, -0.15) is 4.98 Å². The standard InChI is InChI=1S/C44H47Cl2N3O9SSi/c1-59(53,54)33-23-29(25-47-26-33)28-57-42-31(27-51)24-39(45)43(48-42)58-40-16-15-36-35(8-6-9-37(36)40)38-10-5-7-34(41(38)46)30-11-13-32(14-12-30)55-20-18-49(17-19-50)44(52)56-21-22-60(2,3)4/h5-14,23-27,40,50H,15-22,28H2,1-4H3/t40-/m0/s1. The van der Waals surface area contributed by atoms with Crippen LogP contribution in [0.3, 0.4) is 0 Å². The van der Waals surface area contributed by atoms with Crippen molar-refractivity contribution in [2.24, 2.45) is 0 Å². The summed E-state index contributed by atoms with van der Waals surface area (Å²) in [7, 11) is -4.83. The van der Waals surface area contributed by atoms with E-state index in [9.17, 15) is 23.1 Å². The van der Waals surface area contributed by atoms with Gasteiger partial charge in [-0.25, -0.2) is 13.2 Å². The Hall–Kier alpha value is -4.99. The zero-order chi connectivity index (χ0) is 43.0. The molecular formula is C44H47Cl2N3O9SSi. The number of nitrogens with zero attached hydrogens (tertiary/aromatic N) is 3. The molecule has 2 aromatic heterocycles. The Morgan fingerprint density at radius 2 is 1.67 bits per heavy atom. The quantitative estimate of drug-likeness (QED) is 0.0662. The third kappa shape index (κ3) is 11.2. The maximum Gasteiger partial charge on any atom is 0.409 e. The molecule has 0 fully saturated rings. The summed E-state index contributed by atoms with van der Waals surface area (Å²) >= 11 is 13.7. The second-order valence-corrected chi connectivity index (χ2v) is 24.0. The summed E-state index contributed by atoms with van der Waals surface area (Å²) in [6.45, 7) is 7.41. The van der Waals surface area contributed by atoms with Gasteiger partial charge in [0.1, 0.15) is 30.1 Å². The second-order valence-electron chi connectivity index (χ2n) is 15.6. The molecule has 16 heteroatoms. The van der Waals surface area contributed by atoms with Gasteiger partial charge in [0.15, 0.2) is 16.1 Å². The number of aromatic nitrogens is 2. The van der Waals surface area contributed by atoms with Gasteiger partial charge in [-0.15, -0.1) is 0 Å². The highest BCUT2D eigenvalue weighted by Gasteiger charge is 2.29. The smallest absolute Gasteiger partial charge is 0.409 e. The molecule has 5 aromatic rings. The minimum absolute atomic E-state index is 0.0147. The molecule has 0 spiro atoms. The maximum atomic E-state index is 12.6. The maximum absolute atomic E-state index is 12.6. The average molecular weight is 893 g/mol. The lowest BCUT2D eigenvalue weighted by atomic mass is 9.94. The summed E-state index contributed by atoms with van der Waals surface area (Å²) in [5, 5.41) is 10.2. The van der Waals surface area contributed by atoms with Crippen molar-refractivity contribution in [3.8, 4) is 39.8 Å². The predicted octanol–water partition coefficient (Wildman–Crippen LogP) is 9.13. The Morgan fingerprint density at radius 1 is 0.933 bits per heavy atom. The van der Waals surface area contributed by atoms with Gasteiger partial charge in [-0.3, -0.25) is 9.78 Å². The van der Waals surface area contributed by atoms with E-state index >= 15 is 0 Å². The van der Waals surface area contributed by atoms with Crippen molar-refractivity contribution in [1.29, 1.82) is 0 Å². The first-order valence-corrected chi connectivity index (χ1v) is 25.8. The van der Waals surface area contributed by atoms with Crippen LogP contribution in [0.1, 0.15) is 39.6 Å². The molecule has 3 aromatic carbocycles. The van der Waals surface area contributed by atoms with Crippen LogP contribution in [0.25, 0.3) is 22.3 Å². The number of benzene rings is 3. The van der Waals surface area contributed by atoms with E-state index in [1.807, 2.05) is 60.7 Å². The van der Waals surface area contributed by atoms with E-state index in [2.05, 4.69) is 29.6 Å². The van der Waals surface area contributed by atoms with Gasteiger partial charge in [0.2, 0.25) is 11.8 Å². The number of carbonyl (C=O) groups excluding carboxylic acids is 2. The number of aliphatic hydroxyl groups excluding tert-OH is 1. The zero-order valence-electron chi connectivity index (χ0n) is 33.8. The van der Waals surface area contributed by atoms with Crippen LogP contribution in [0.5, 0.6) is 17.5 Å². The summed E-state index contributed by atoms with van der Waals surface area (Å²) < 4.78 is 47.7. The Labute approximate surface area is 361 Å². The van der Waals surface area contributed by atoms with Crippen molar-refractivity contribution in [3.05, 3.63) is 117 Å². The lowest BCUT2D eigenvalue weighted by Crippen LogP contribution is -2.38. The molecule has 60 heavy (non-hydrogen) atoms. The SMILES string of the molecule is C[Si](C)(C)CCOC(=O)N(CCO)CCOc1ccc(-c2cccc(-c3cccc4c3CC[C@@H]4Oc3nc(OCc4cncc(S(C)(=O)=O)c4)c(C=O)cc3Cl)c2Cl)cc1. The van der Waals surface area contributed by atoms with E-state index in [0.717, 1.165) is 45.7 Å². The highest BCUT2D eigenvalue weighted by Crippen LogP contribution is 2.44. The zero-order valence-corrected chi connectivity index (χ0v) is 37.1. The molecule has 0 aliphatic heterocycles. The average Bonchev–Trinajstić information content (AvgIpc) is 3.63. The predicted molar refractivity (Wildman–Crippen MR) is 234 cm³/mol. The summed E-state index contributed by atoms with van der Waals surface area (Å²) in [6, 6.07) is 23.2. The van der Waals surface area contributed by atoms with Crippen LogP contribution < -0.4 is 14.2 Å². The number of halogens is 2. The molecule has 1 atom stereocenters. The first-order chi connectivity index (χ1) is 28.6. The van der Waals surface area contributed by atoms with E-state index in [-0.39, 0.29) is 60.2 Å². The molecular weight excluding hydrogens is 846 g/mol. The van der Waals surface area contributed by atoms with E-state index in [1.165, 1.54) is 29.4 Å². The van der Waals surface area contributed by atoms with Gasteiger partial charge < -0.3 is 29.0 Å². The molecule has 1 aliphatic carbocycles. The van der Waals surface area contributed by atoms with Crippen LogP contribution in [0.2, 0.25) is 35.7 Å². The molecule has 1 amide bonds. The number of ether oxygens (including phenoxy) is 4. The second kappa shape index (κ2) is 19.6. The van der Waals surface area contributed by atoms with Crippen molar-refractivity contribution < 1.29 is 42.1 Å². The number of aliphatic hydroxyl groups is 1. The number of hydrogen-bond acceptors (Lipinski definition) is 11. The van der Waals surface area contributed by atoms with Crippen LogP contribution >= 0.6 is 23.2 Å². The topological polar surface area (TPSA) is 154 Å². The molecule has 0 unspecified atom stereocenters. The Morgan fingerprint density at radius 3 is 2.38 bits per heavy atom. The number of hydrogen-bond donors (Lipinski definition) is 1. The van der Waals surface area contributed by atoms with Crippen molar-refractivity contribution in [2.45, 2.75) is 56.1 Å². The summed E-state index contributed by atoms with van der Waals surface area (Å²) in [6.07, 6.45) is 4.87. The van der Waals surface area contributed by atoms with Crippen molar-refractivity contribution in [1.82, 2.24) is 14.9 Å². The number of fused-ring (bicyclic) bond motifs is 1. The summed E-state index contributed by atoms with van der Waals surface area (Å²) in [4.78, 5) is 34.5. The van der Waals surface area contributed by atoms with Gasteiger partial charge >= 0.3 is 6.09 Å². The van der Waals surface area contributed by atoms with E-state index in [1.54, 1.807) is 0 Å². The number of pyridine rings is 2. The molecule has 12 nitrogen and oxygen atoms in total. The van der Waals surface area contributed by atoms with Crippen LogP contribution in [0, 0.1) is 0 Å². The Kier molecular flexibility index (Phi) is 14.5. The lowest BCUT2D eigenvalue weighted by Gasteiger charge is -2.22. The molecule has 0 saturated carbocycles. The normalized spacial score (nSPS) is 13.7. The van der Waals surface area contributed by atoms with E-state index < -0.39 is 30.1 Å². The van der Waals surface area contributed by atoms with Gasteiger partial charge in [-0.05, 0) is 65.4 Å². The fraction of sp³-hybridized carbons (Fsp3) is 0.318. The first kappa shape index (κ1) is 44.6. The van der Waals surface area contributed by atoms with Gasteiger partial charge in [0.25, 0.3) is 0 Å². The molecule has 0 bridgehead atoms. The minimum Gasteiger partial charge on any atom is -0.492 e. The lowest BCUT2D eigenvalue weighted by molar-refractivity contribution is 0.0915. The highest BCUT2D eigenvalue weighted by molar-refractivity contribution is 7.90. The molecule has 6 rings (SSSR count). The monoisotopic (exact) mass is 891 g/mol. The number of sulfone groups is 1. The largest absolute Gasteiger partial charge is 0.492 e. The minimum atomic E-state index is -3.48. The Bertz CT molecular complexity index is 2450. The first-order valence-electron chi connectivity index (χ1n) is 19.4. The fourth-order valence-electron chi connectivity index (χ4n) is 6.69. The number of amides is 1. The molecule has 1 N–H and O–H groups in total. The number of carbonyl (C=O) groups is 2. The number of rotatable bonds is 18. The fourth-order valence-corrected chi connectivity index (χ4v) is 8.57. The van der Waals surface area contributed by atoms with Crippen molar-refractivity contribution in [2.75, 3.05) is 39.2 Å². The van der Waals surface area contributed by atoms with Gasteiger partial charge in [0, 0.05) is 50.0 Å². The third-order valence-electron chi connectivity index (χ3n) is 9.90. The van der Waals surface area contributed by atoms with Gasteiger partial charge in [0.05, 0.1) is 35.2 Å². The van der Waals surface area contributed by atoms with E-state index in [4.69, 9.17) is 42.1 Å². The summed E-state index contributed by atoms with van der Waals surface area (Å²) in [5.41, 5.74) is 6.20. The highest BCUT2D eigenvalue weighted by atomic mass is 35.5. The van der Waals surface area contributed by atoms with Crippen molar-refractivity contribution >= 4 is 53.5 Å². The van der Waals surface area contributed by atoms with Crippen LogP contribution in [-0.2, 0) is 27.6 Å². The molecule has 316 valence electrons. The molecule has 0 saturated heterocycles. The number of aldehydes is 1. The third-order valence-corrected chi connectivity index (χ3v) is 13.4. The van der Waals surface area contributed by atoms with Crippen molar-refractivity contribution in [3.63, 3.8) is 0 Å². The molecule has 0 radical (unpaired) electrons. The molecule has 2 heterocycles. The van der Waals surface area contributed by atoms with Crippen LogP contribution in [-0.4, -0.2) is 88.0 Å². The molecule has 1 aliphatic rings. The Balaban J connectivity index is 1.13. The van der Waals surface area contributed by atoms with E-state index in [0.29, 0.717) is 42.1 Å². The van der Waals surface area contributed by atoms with Crippen LogP contribution in [0.15, 0.2) is 90.1 Å². The van der Waals surface area contributed by atoms with Crippen LogP contribution in [0.4, 0.5) is 4.79 Å². The van der Waals surface area contributed by atoms with Gasteiger partial charge in [-0.1, -0.05) is 91.4 Å².